The monoisotopic (exact) mass is 188 g/mol. The van der Waals surface area contributed by atoms with E-state index in [2.05, 4.69) is 9.97 Å². The smallest absolute Gasteiger partial charge is 0.130 e. The summed E-state index contributed by atoms with van der Waals surface area (Å²) in [5, 5.41) is 0. The summed E-state index contributed by atoms with van der Waals surface area (Å²) in [5.74, 6) is 0.858. The average Bonchev–Trinajstić information content (AvgIpc) is 2.72. The number of H-pyrrole nitrogens is 1. The Labute approximate surface area is 82.6 Å². The number of hydrogen-bond acceptors (Lipinski definition) is 2. The van der Waals surface area contributed by atoms with Gasteiger partial charge < -0.3 is 9.78 Å². The third kappa shape index (κ3) is 1.66. The number of carbonyl (C=O) groups excluding carboxylic acids is 1. The lowest BCUT2D eigenvalue weighted by Gasteiger charge is -2.23. The third-order valence-corrected chi connectivity index (χ3v) is 2.46. The van der Waals surface area contributed by atoms with Gasteiger partial charge in [0.25, 0.3) is 0 Å². The highest BCUT2D eigenvalue weighted by Gasteiger charge is 2.27. The Bertz CT molecular complexity index is 365. The summed E-state index contributed by atoms with van der Waals surface area (Å²) >= 11 is 0. The van der Waals surface area contributed by atoms with Gasteiger partial charge in [0.2, 0.25) is 0 Å². The minimum atomic E-state index is -0.396. The van der Waals surface area contributed by atoms with Crippen LogP contribution in [0.25, 0.3) is 0 Å². The molecule has 1 atom stereocenters. The molecule has 1 aromatic rings. The van der Waals surface area contributed by atoms with E-state index in [-0.39, 0.29) is 0 Å². The number of imidazole rings is 1. The fourth-order valence-electron chi connectivity index (χ4n) is 1.65. The molecule has 0 saturated heterocycles. The Morgan fingerprint density at radius 1 is 1.57 bits per heavy atom. The molecule has 3 heteroatoms. The van der Waals surface area contributed by atoms with Gasteiger partial charge in [0.15, 0.2) is 0 Å². The Kier molecular flexibility index (Phi) is 2.31. The SMILES string of the molecule is O=CC1(Cc2ncc[nH]2)C=CC=CC1. The molecule has 1 N–H and O–H groups in total. The summed E-state index contributed by atoms with van der Waals surface area (Å²) in [7, 11) is 0. The summed E-state index contributed by atoms with van der Waals surface area (Å²) in [5.41, 5.74) is -0.396. The molecule has 1 heterocycles. The first kappa shape index (κ1) is 8.94. The number of hydrogen-bond donors (Lipinski definition) is 1. The number of nitrogens with one attached hydrogen (secondary N) is 1. The fourth-order valence-corrected chi connectivity index (χ4v) is 1.65. The average molecular weight is 188 g/mol. The van der Waals surface area contributed by atoms with Gasteiger partial charge >= 0.3 is 0 Å². The highest BCUT2D eigenvalue weighted by molar-refractivity contribution is 5.64. The maximum Gasteiger partial charge on any atom is 0.130 e. The Morgan fingerprint density at radius 2 is 2.50 bits per heavy atom. The topological polar surface area (TPSA) is 45.8 Å². The van der Waals surface area contributed by atoms with E-state index in [0.717, 1.165) is 18.5 Å². The molecule has 0 bridgehead atoms. The lowest BCUT2D eigenvalue weighted by Crippen LogP contribution is -2.24. The van der Waals surface area contributed by atoms with Crippen LogP contribution in [0.4, 0.5) is 0 Å². The molecule has 0 aliphatic heterocycles. The summed E-state index contributed by atoms with van der Waals surface area (Å²) in [6.07, 6.45) is 13.7. The predicted molar refractivity (Wildman–Crippen MR) is 53.7 cm³/mol. The number of allylic oxidation sites excluding steroid dienone is 4. The molecule has 0 amide bonds. The molecule has 1 aromatic heterocycles. The molecule has 1 aliphatic rings. The maximum absolute atomic E-state index is 11.1. The van der Waals surface area contributed by atoms with Gasteiger partial charge in [0, 0.05) is 18.8 Å². The van der Waals surface area contributed by atoms with Crippen LogP contribution in [-0.4, -0.2) is 16.3 Å². The molecule has 0 spiro atoms. The van der Waals surface area contributed by atoms with E-state index in [9.17, 15) is 4.79 Å². The fraction of sp³-hybridized carbons (Fsp3) is 0.273. The molecule has 1 aliphatic carbocycles. The van der Waals surface area contributed by atoms with E-state index in [1.165, 1.54) is 0 Å². The highest BCUT2D eigenvalue weighted by atomic mass is 16.1. The van der Waals surface area contributed by atoms with Crippen molar-refractivity contribution in [2.45, 2.75) is 12.8 Å². The van der Waals surface area contributed by atoms with E-state index < -0.39 is 5.41 Å². The molecule has 72 valence electrons. The van der Waals surface area contributed by atoms with Gasteiger partial charge in [0.1, 0.15) is 12.1 Å². The normalized spacial score (nSPS) is 25.1. The number of carbonyl (C=O) groups is 1. The Morgan fingerprint density at radius 3 is 3.07 bits per heavy atom. The van der Waals surface area contributed by atoms with Crippen molar-refractivity contribution >= 4 is 6.29 Å². The van der Waals surface area contributed by atoms with E-state index in [1.54, 1.807) is 12.4 Å². The molecule has 0 fully saturated rings. The van der Waals surface area contributed by atoms with Crippen LogP contribution in [0.2, 0.25) is 0 Å². The molecule has 3 nitrogen and oxygen atoms in total. The second kappa shape index (κ2) is 3.62. The number of aromatic nitrogens is 2. The van der Waals surface area contributed by atoms with E-state index in [1.807, 2.05) is 24.3 Å². The zero-order chi connectivity index (χ0) is 9.86. The van der Waals surface area contributed by atoms with Crippen molar-refractivity contribution in [2.24, 2.45) is 5.41 Å². The maximum atomic E-state index is 11.1. The second-order valence-corrected chi connectivity index (χ2v) is 3.56. The molecule has 0 saturated carbocycles. The largest absolute Gasteiger partial charge is 0.349 e. The van der Waals surface area contributed by atoms with Crippen molar-refractivity contribution in [1.82, 2.24) is 9.97 Å². The van der Waals surface area contributed by atoms with Gasteiger partial charge in [-0.1, -0.05) is 24.3 Å². The summed E-state index contributed by atoms with van der Waals surface area (Å²) in [6, 6.07) is 0. The zero-order valence-corrected chi connectivity index (χ0v) is 7.81. The summed E-state index contributed by atoms with van der Waals surface area (Å²) in [6.45, 7) is 0. The first-order chi connectivity index (χ1) is 6.85. The molecule has 1 unspecified atom stereocenters. The minimum absolute atomic E-state index is 0.396. The molecule has 14 heavy (non-hydrogen) atoms. The van der Waals surface area contributed by atoms with E-state index in [0.29, 0.717) is 6.42 Å². The standard InChI is InChI=1S/C11H12N2O/c14-9-11(4-2-1-3-5-11)8-10-12-6-7-13-10/h1-4,6-7,9H,5,8H2,(H,12,13). The van der Waals surface area contributed by atoms with Crippen LogP contribution < -0.4 is 0 Å². The van der Waals surface area contributed by atoms with Gasteiger partial charge in [-0.05, 0) is 6.42 Å². The summed E-state index contributed by atoms with van der Waals surface area (Å²) < 4.78 is 0. The van der Waals surface area contributed by atoms with Crippen molar-refractivity contribution in [3.8, 4) is 0 Å². The van der Waals surface area contributed by atoms with Crippen molar-refractivity contribution in [3.63, 3.8) is 0 Å². The third-order valence-electron chi connectivity index (χ3n) is 2.46. The Hall–Kier alpha value is -1.64. The van der Waals surface area contributed by atoms with Crippen LogP contribution in [0.15, 0.2) is 36.7 Å². The van der Waals surface area contributed by atoms with Crippen LogP contribution in [0.3, 0.4) is 0 Å². The first-order valence-electron chi connectivity index (χ1n) is 4.64. The van der Waals surface area contributed by atoms with Crippen molar-refractivity contribution in [1.29, 1.82) is 0 Å². The minimum Gasteiger partial charge on any atom is -0.349 e. The van der Waals surface area contributed by atoms with Crippen LogP contribution in [0.1, 0.15) is 12.2 Å². The number of aromatic amines is 1. The summed E-state index contributed by atoms with van der Waals surface area (Å²) in [4.78, 5) is 18.2. The Balaban J connectivity index is 2.18. The zero-order valence-electron chi connectivity index (χ0n) is 7.81. The molecule has 0 aromatic carbocycles. The van der Waals surface area contributed by atoms with Crippen LogP contribution >= 0.6 is 0 Å². The number of rotatable bonds is 3. The van der Waals surface area contributed by atoms with Crippen molar-refractivity contribution in [2.75, 3.05) is 0 Å². The van der Waals surface area contributed by atoms with E-state index >= 15 is 0 Å². The number of nitrogens with zero attached hydrogens (tertiary/aromatic N) is 1. The molecular formula is C11H12N2O. The second-order valence-electron chi connectivity index (χ2n) is 3.56. The lowest BCUT2D eigenvalue weighted by molar-refractivity contribution is -0.114. The van der Waals surface area contributed by atoms with E-state index in [4.69, 9.17) is 0 Å². The number of aldehydes is 1. The van der Waals surface area contributed by atoms with Gasteiger partial charge in [-0.15, -0.1) is 0 Å². The van der Waals surface area contributed by atoms with Crippen LogP contribution in [0.5, 0.6) is 0 Å². The van der Waals surface area contributed by atoms with Gasteiger partial charge in [-0.25, -0.2) is 4.98 Å². The molecule has 0 radical (unpaired) electrons. The van der Waals surface area contributed by atoms with Crippen LogP contribution in [-0.2, 0) is 11.2 Å². The van der Waals surface area contributed by atoms with Crippen LogP contribution in [0, 0.1) is 5.41 Å². The lowest BCUT2D eigenvalue weighted by atomic mass is 9.80. The predicted octanol–water partition coefficient (Wildman–Crippen LogP) is 1.65. The van der Waals surface area contributed by atoms with Crippen molar-refractivity contribution in [3.05, 3.63) is 42.5 Å². The molecule has 2 rings (SSSR count). The van der Waals surface area contributed by atoms with Gasteiger partial charge in [-0.2, -0.15) is 0 Å². The van der Waals surface area contributed by atoms with Crippen molar-refractivity contribution < 1.29 is 4.79 Å². The first-order valence-corrected chi connectivity index (χ1v) is 4.64. The molecular weight excluding hydrogens is 176 g/mol. The van der Waals surface area contributed by atoms with Gasteiger partial charge in [0.05, 0.1) is 5.41 Å². The van der Waals surface area contributed by atoms with Gasteiger partial charge in [-0.3, -0.25) is 0 Å². The quantitative estimate of drug-likeness (QED) is 0.733. The highest BCUT2D eigenvalue weighted by Crippen LogP contribution is 2.28.